The highest BCUT2D eigenvalue weighted by atomic mass is 19.1. The molecule has 0 aromatic heterocycles. The predicted octanol–water partition coefficient (Wildman–Crippen LogP) is 2.00. The molecular weight excluding hydrogens is 219 g/mol. The average Bonchev–Trinajstić information content (AvgIpc) is 2.31. The second-order valence-corrected chi connectivity index (χ2v) is 4.34. The van der Waals surface area contributed by atoms with E-state index in [2.05, 4.69) is 4.90 Å². The van der Waals surface area contributed by atoms with Crippen LogP contribution in [0.15, 0.2) is 18.2 Å². The molecule has 0 spiro atoms. The molecule has 0 atom stereocenters. The van der Waals surface area contributed by atoms with Gasteiger partial charge >= 0.3 is 0 Å². The topological polar surface area (TPSA) is 49.5 Å². The third-order valence-electron chi connectivity index (χ3n) is 2.75. The lowest BCUT2D eigenvalue weighted by Crippen LogP contribution is -2.20. The van der Waals surface area contributed by atoms with Crippen LogP contribution >= 0.6 is 0 Å². The molecule has 0 amide bonds. The molecule has 1 aromatic rings. The Bertz CT molecular complexity index is 344. The van der Waals surface area contributed by atoms with Gasteiger partial charge in [-0.2, -0.15) is 0 Å². The van der Waals surface area contributed by atoms with Gasteiger partial charge in [-0.15, -0.1) is 0 Å². The van der Waals surface area contributed by atoms with Gasteiger partial charge in [-0.3, -0.25) is 0 Å². The predicted molar refractivity (Wildman–Crippen MR) is 68.1 cm³/mol. The van der Waals surface area contributed by atoms with Gasteiger partial charge in [0.05, 0.1) is 5.69 Å². The highest BCUT2D eigenvalue weighted by Crippen LogP contribution is 2.16. The highest BCUT2D eigenvalue weighted by molar-refractivity contribution is 5.42. The molecule has 1 rings (SSSR count). The number of nitrogens with two attached hydrogens (primary N) is 1. The molecule has 0 bridgehead atoms. The minimum atomic E-state index is -0.310. The monoisotopic (exact) mass is 240 g/mol. The number of aliphatic hydroxyl groups excluding tert-OH is 1. The molecule has 0 saturated heterocycles. The number of anilines is 1. The van der Waals surface area contributed by atoms with E-state index < -0.39 is 0 Å². The van der Waals surface area contributed by atoms with Crippen LogP contribution < -0.4 is 5.73 Å². The number of hydrogen-bond donors (Lipinski definition) is 2. The number of nitrogens with zero attached hydrogens (tertiary/aromatic N) is 1. The molecule has 0 aliphatic rings. The summed E-state index contributed by atoms with van der Waals surface area (Å²) in [7, 11) is 1.96. The largest absolute Gasteiger partial charge is 0.396 e. The van der Waals surface area contributed by atoms with Crippen molar-refractivity contribution in [3.8, 4) is 0 Å². The molecule has 4 heteroatoms. The quantitative estimate of drug-likeness (QED) is 0.566. The summed E-state index contributed by atoms with van der Waals surface area (Å²) >= 11 is 0. The molecule has 0 radical (unpaired) electrons. The van der Waals surface area contributed by atoms with E-state index in [1.165, 1.54) is 0 Å². The fourth-order valence-electron chi connectivity index (χ4n) is 1.76. The Kier molecular flexibility index (Phi) is 5.94. The second kappa shape index (κ2) is 7.25. The Balaban J connectivity index is 2.39. The van der Waals surface area contributed by atoms with Crippen LogP contribution in [0, 0.1) is 5.82 Å². The zero-order valence-electron chi connectivity index (χ0n) is 10.3. The molecule has 1 aromatic carbocycles. The lowest BCUT2D eigenvalue weighted by atomic mass is 10.1. The van der Waals surface area contributed by atoms with Crippen LogP contribution in [0.2, 0.25) is 0 Å². The first-order valence-electron chi connectivity index (χ1n) is 5.97. The fourth-order valence-corrected chi connectivity index (χ4v) is 1.76. The van der Waals surface area contributed by atoms with Crippen molar-refractivity contribution in [2.75, 3.05) is 25.9 Å². The molecule has 0 heterocycles. The molecular formula is C13H21FN2O. The molecule has 0 fully saturated rings. The maximum atomic E-state index is 13.6. The van der Waals surface area contributed by atoms with Crippen LogP contribution in [0.1, 0.15) is 24.8 Å². The summed E-state index contributed by atoms with van der Waals surface area (Å²) in [5.74, 6) is -0.310. The first kappa shape index (κ1) is 13.9. The van der Waals surface area contributed by atoms with Crippen molar-refractivity contribution in [3.05, 3.63) is 29.6 Å². The van der Waals surface area contributed by atoms with Crippen molar-refractivity contribution < 1.29 is 9.50 Å². The van der Waals surface area contributed by atoms with Crippen molar-refractivity contribution in [2.45, 2.75) is 25.8 Å². The van der Waals surface area contributed by atoms with E-state index in [4.69, 9.17) is 10.8 Å². The Hall–Kier alpha value is -1.13. The molecule has 0 saturated carbocycles. The van der Waals surface area contributed by atoms with Gasteiger partial charge in [-0.05, 0) is 38.9 Å². The van der Waals surface area contributed by atoms with Gasteiger partial charge in [0.25, 0.3) is 0 Å². The average molecular weight is 240 g/mol. The molecule has 3 nitrogen and oxygen atoms in total. The van der Waals surface area contributed by atoms with Crippen LogP contribution in [0.5, 0.6) is 0 Å². The molecule has 0 unspecified atom stereocenters. The molecule has 17 heavy (non-hydrogen) atoms. The Morgan fingerprint density at radius 1 is 1.29 bits per heavy atom. The van der Waals surface area contributed by atoms with E-state index in [0.29, 0.717) is 12.1 Å². The zero-order chi connectivity index (χ0) is 12.7. The number of halogens is 1. The van der Waals surface area contributed by atoms with Crippen LogP contribution in [0.4, 0.5) is 10.1 Å². The molecule has 96 valence electrons. The van der Waals surface area contributed by atoms with Crippen molar-refractivity contribution >= 4 is 5.69 Å². The van der Waals surface area contributed by atoms with Gasteiger partial charge < -0.3 is 15.7 Å². The maximum absolute atomic E-state index is 13.6. The molecule has 3 N–H and O–H groups in total. The third-order valence-corrected chi connectivity index (χ3v) is 2.75. The normalized spacial score (nSPS) is 11.1. The third kappa shape index (κ3) is 4.71. The van der Waals surface area contributed by atoms with Crippen LogP contribution in [-0.2, 0) is 6.54 Å². The van der Waals surface area contributed by atoms with E-state index >= 15 is 0 Å². The zero-order valence-corrected chi connectivity index (χ0v) is 10.3. The van der Waals surface area contributed by atoms with E-state index in [0.717, 1.165) is 25.8 Å². The Morgan fingerprint density at radius 3 is 2.76 bits per heavy atom. The van der Waals surface area contributed by atoms with E-state index in [9.17, 15) is 4.39 Å². The SMILES string of the molecule is CN(CCCCCO)Cc1cccc(N)c1F. The Labute approximate surface area is 102 Å². The van der Waals surface area contributed by atoms with Crippen molar-refractivity contribution in [2.24, 2.45) is 0 Å². The van der Waals surface area contributed by atoms with E-state index in [1.54, 1.807) is 18.2 Å². The summed E-state index contributed by atoms with van der Waals surface area (Å²) in [4.78, 5) is 2.06. The van der Waals surface area contributed by atoms with Crippen LogP contribution in [-0.4, -0.2) is 30.2 Å². The minimum absolute atomic E-state index is 0.205. The maximum Gasteiger partial charge on any atom is 0.150 e. The summed E-state index contributed by atoms with van der Waals surface area (Å²) in [5, 5.41) is 8.66. The summed E-state index contributed by atoms with van der Waals surface area (Å²) in [6.07, 6.45) is 2.85. The molecule has 0 aliphatic heterocycles. The van der Waals surface area contributed by atoms with Crippen LogP contribution in [0.3, 0.4) is 0 Å². The van der Waals surface area contributed by atoms with Crippen molar-refractivity contribution in [3.63, 3.8) is 0 Å². The fraction of sp³-hybridized carbons (Fsp3) is 0.538. The van der Waals surface area contributed by atoms with Gasteiger partial charge in [0.15, 0.2) is 5.82 Å². The number of unbranched alkanes of at least 4 members (excludes halogenated alkanes) is 2. The second-order valence-electron chi connectivity index (χ2n) is 4.34. The minimum Gasteiger partial charge on any atom is -0.396 e. The van der Waals surface area contributed by atoms with Crippen molar-refractivity contribution in [1.82, 2.24) is 4.90 Å². The van der Waals surface area contributed by atoms with Crippen LogP contribution in [0.25, 0.3) is 0 Å². The summed E-state index contributed by atoms with van der Waals surface area (Å²) in [6, 6.07) is 5.10. The number of hydrogen-bond acceptors (Lipinski definition) is 3. The standard InChI is InChI=1S/C13H21FN2O/c1-16(8-3-2-4-9-17)10-11-6-5-7-12(15)13(11)14/h5-7,17H,2-4,8-10,15H2,1H3. The summed E-state index contributed by atoms with van der Waals surface area (Å²) in [6.45, 7) is 1.71. The first-order chi connectivity index (χ1) is 8.15. The van der Waals surface area contributed by atoms with E-state index in [-0.39, 0.29) is 18.1 Å². The van der Waals surface area contributed by atoms with Gasteiger partial charge in [-0.1, -0.05) is 12.1 Å². The Morgan fingerprint density at radius 2 is 2.06 bits per heavy atom. The number of rotatable bonds is 7. The summed E-state index contributed by atoms with van der Waals surface area (Å²) in [5.41, 5.74) is 6.35. The number of aliphatic hydroxyl groups is 1. The summed E-state index contributed by atoms with van der Waals surface area (Å²) < 4.78 is 13.6. The first-order valence-corrected chi connectivity index (χ1v) is 5.97. The van der Waals surface area contributed by atoms with Gasteiger partial charge in [0.1, 0.15) is 0 Å². The smallest absolute Gasteiger partial charge is 0.150 e. The number of nitrogen functional groups attached to an aromatic ring is 1. The van der Waals surface area contributed by atoms with Gasteiger partial charge in [0.2, 0.25) is 0 Å². The van der Waals surface area contributed by atoms with Gasteiger partial charge in [0, 0.05) is 18.7 Å². The highest BCUT2D eigenvalue weighted by Gasteiger charge is 2.07. The number of benzene rings is 1. The lowest BCUT2D eigenvalue weighted by Gasteiger charge is -2.17. The van der Waals surface area contributed by atoms with E-state index in [1.807, 2.05) is 7.05 Å². The van der Waals surface area contributed by atoms with Crippen molar-refractivity contribution in [1.29, 1.82) is 0 Å². The molecule has 0 aliphatic carbocycles. The lowest BCUT2D eigenvalue weighted by molar-refractivity contribution is 0.270. The van der Waals surface area contributed by atoms with Gasteiger partial charge in [-0.25, -0.2) is 4.39 Å².